The van der Waals surface area contributed by atoms with Gasteiger partial charge in [-0.3, -0.25) is 9.67 Å². The van der Waals surface area contributed by atoms with Crippen LogP contribution < -0.4 is 4.72 Å². The maximum atomic E-state index is 12.7. The molecule has 0 aliphatic rings. The molecule has 0 saturated heterocycles. The molecule has 1 N–H and O–H groups in total. The van der Waals surface area contributed by atoms with E-state index in [1.54, 1.807) is 48.4 Å². The zero-order valence-corrected chi connectivity index (χ0v) is 13.7. The lowest BCUT2D eigenvalue weighted by atomic mass is 10.1. The summed E-state index contributed by atoms with van der Waals surface area (Å²) >= 11 is 0. The molecule has 0 saturated carbocycles. The molecule has 2 aromatic heterocycles. The molecule has 0 radical (unpaired) electrons. The fourth-order valence-electron chi connectivity index (χ4n) is 2.50. The standard InChI is InChI=1S/C15H17N5O2S/c1-11-5-6-14(13-4-3-7-17-15(11)13)23(21,22)19-12(2)8-20-10-16-9-18-20/h3-7,9-10,12,19H,8H2,1-2H3. The molecule has 0 fully saturated rings. The second kappa shape index (κ2) is 6.05. The van der Waals surface area contributed by atoms with Crippen molar-refractivity contribution >= 4 is 20.9 Å². The number of benzene rings is 1. The quantitative estimate of drug-likeness (QED) is 0.765. The number of rotatable bonds is 5. The molecule has 0 aliphatic carbocycles. The van der Waals surface area contributed by atoms with E-state index in [0.29, 0.717) is 17.4 Å². The predicted molar refractivity (Wildman–Crippen MR) is 86.3 cm³/mol. The highest BCUT2D eigenvalue weighted by molar-refractivity contribution is 7.89. The monoisotopic (exact) mass is 331 g/mol. The molecule has 0 amide bonds. The van der Waals surface area contributed by atoms with Gasteiger partial charge in [-0.05, 0) is 37.6 Å². The molecular formula is C15H17N5O2S. The Balaban J connectivity index is 1.92. The highest BCUT2D eigenvalue weighted by Gasteiger charge is 2.21. The van der Waals surface area contributed by atoms with Crippen molar-refractivity contribution in [3.8, 4) is 0 Å². The van der Waals surface area contributed by atoms with Crippen LogP contribution in [0.25, 0.3) is 10.9 Å². The molecule has 3 rings (SSSR count). The van der Waals surface area contributed by atoms with Crippen molar-refractivity contribution in [1.82, 2.24) is 24.5 Å². The van der Waals surface area contributed by atoms with E-state index in [2.05, 4.69) is 19.8 Å². The summed E-state index contributed by atoms with van der Waals surface area (Å²) in [5.41, 5.74) is 1.63. The van der Waals surface area contributed by atoms with Crippen molar-refractivity contribution in [2.45, 2.75) is 31.3 Å². The molecule has 1 aromatic carbocycles. The minimum atomic E-state index is -3.66. The van der Waals surface area contributed by atoms with Gasteiger partial charge in [-0.1, -0.05) is 6.07 Å². The molecule has 0 aliphatic heterocycles. The smallest absolute Gasteiger partial charge is 0.241 e. The van der Waals surface area contributed by atoms with Gasteiger partial charge < -0.3 is 0 Å². The molecule has 3 aromatic rings. The number of aromatic nitrogens is 4. The molecule has 8 heteroatoms. The van der Waals surface area contributed by atoms with Crippen molar-refractivity contribution in [3.05, 3.63) is 48.7 Å². The molecule has 2 heterocycles. The Morgan fingerprint density at radius 2 is 2.13 bits per heavy atom. The van der Waals surface area contributed by atoms with Crippen molar-refractivity contribution in [2.24, 2.45) is 0 Å². The van der Waals surface area contributed by atoms with Gasteiger partial charge in [-0.25, -0.2) is 18.1 Å². The Labute approximate surface area is 134 Å². The maximum absolute atomic E-state index is 12.7. The number of pyridine rings is 1. The third kappa shape index (κ3) is 3.22. The number of aryl methyl sites for hydroxylation is 1. The lowest BCUT2D eigenvalue weighted by Crippen LogP contribution is -2.35. The molecule has 120 valence electrons. The largest absolute Gasteiger partial charge is 0.256 e. The average molecular weight is 331 g/mol. The van der Waals surface area contributed by atoms with E-state index in [1.165, 1.54) is 6.33 Å². The molecule has 7 nitrogen and oxygen atoms in total. The van der Waals surface area contributed by atoms with Crippen LogP contribution in [-0.4, -0.2) is 34.2 Å². The summed E-state index contributed by atoms with van der Waals surface area (Å²) in [6, 6.07) is 6.57. The van der Waals surface area contributed by atoms with E-state index in [1.807, 2.05) is 6.92 Å². The summed E-state index contributed by atoms with van der Waals surface area (Å²) in [6.07, 6.45) is 4.63. The van der Waals surface area contributed by atoms with Gasteiger partial charge in [-0.15, -0.1) is 0 Å². The molecular weight excluding hydrogens is 314 g/mol. The number of hydrogen-bond donors (Lipinski definition) is 1. The fraction of sp³-hybridized carbons (Fsp3) is 0.267. The Morgan fingerprint density at radius 1 is 1.30 bits per heavy atom. The van der Waals surface area contributed by atoms with E-state index in [-0.39, 0.29) is 10.9 Å². The Hall–Kier alpha value is -2.32. The summed E-state index contributed by atoms with van der Waals surface area (Å²) in [7, 11) is -3.66. The van der Waals surface area contributed by atoms with E-state index in [4.69, 9.17) is 0 Å². The number of nitrogens with zero attached hydrogens (tertiary/aromatic N) is 4. The second-order valence-electron chi connectivity index (χ2n) is 5.42. The first-order valence-electron chi connectivity index (χ1n) is 7.16. The first kappa shape index (κ1) is 15.6. The number of nitrogens with one attached hydrogen (secondary N) is 1. The number of fused-ring (bicyclic) bond motifs is 1. The van der Waals surface area contributed by atoms with E-state index >= 15 is 0 Å². The Bertz CT molecular complexity index is 922. The lowest BCUT2D eigenvalue weighted by molar-refractivity contribution is 0.493. The van der Waals surface area contributed by atoms with Gasteiger partial charge in [0.25, 0.3) is 0 Å². The van der Waals surface area contributed by atoms with Crippen LogP contribution in [-0.2, 0) is 16.6 Å². The lowest BCUT2D eigenvalue weighted by Gasteiger charge is -2.15. The van der Waals surface area contributed by atoms with Gasteiger partial charge in [0.05, 0.1) is 17.0 Å². The summed E-state index contributed by atoms with van der Waals surface area (Å²) in [4.78, 5) is 8.36. The van der Waals surface area contributed by atoms with E-state index in [9.17, 15) is 8.42 Å². The second-order valence-corrected chi connectivity index (χ2v) is 7.10. The third-order valence-corrected chi connectivity index (χ3v) is 5.15. The van der Waals surface area contributed by atoms with Crippen molar-refractivity contribution in [3.63, 3.8) is 0 Å². The molecule has 0 bridgehead atoms. The third-order valence-electron chi connectivity index (χ3n) is 3.50. The topological polar surface area (TPSA) is 89.8 Å². The van der Waals surface area contributed by atoms with Crippen molar-refractivity contribution in [1.29, 1.82) is 0 Å². The van der Waals surface area contributed by atoms with Crippen LogP contribution in [0, 0.1) is 6.92 Å². The van der Waals surface area contributed by atoms with Crippen LogP contribution in [0.15, 0.2) is 48.0 Å². The molecule has 1 unspecified atom stereocenters. The normalized spacial score (nSPS) is 13.3. The molecule has 0 spiro atoms. The van der Waals surface area contributed by atoms with Crippen LogP contribution in [0.2, 0.25) is 0 Å². The minimum Gasteiger partial charge on any atom is -0.256 e. The van der Waals surface area contributed by atoms with E-state index in [0.717, 1.165) is 5.56 Å². The first-order chi connectivity index (χ1) is 11.0. The summed E-state index contributed by atoms with van der Waals surface area (Å²) < 4.78 is 29.7. The van der Waals surface area contributed by atoms with Crippen LogP contribution in [0.5, 0.6) is 0 Å². The SMILES string of the molecule is Cc1ccc(S(=O)(=O)NC(C)Cn2cncn2)c2cccnc12. The van der Waals surface area contributed by atoms with Gasteiger partial charge in [0.2, 0.25) is 10.0 Å². The zero-order chi connectivity index (χ0) is 16.4. The van der Waals surface area contributed by atoms with Gasteiger partial charge in [0.15, 0.2) is 0 Å². The van der Waals surface area contributed by atoms with E-state index < -0.39 is 10.0 Å². The van der Waals surface area contributed by atoms with Gasteiger partial charge in [0.1, 0.15) is 12.7 Å². The summed E-state index contributed by atoms with van der Waals surface area (Å²) in [5, 5.41) is 4.60. The van der Waals surface area contributed by atoms with Gasteiger partial charge >= 0.3 is 0 Å². The number of hydrogen-bond acceptors (Lipinski definition) is 5. The van der Waals surface area contributed by atoms with Crippen LogP contribution in [0.1, 0.15) is 12.5 Å². The molecule has 23 heavy (non-hydrogen) atoms. The highest BCUT2D eigenvalue weighted by Crippen LogP contribution is 2.24. The summed E-state index contributed by atoms with van der Waals surface area (Å²) in [6.45, 7) is 4.10. The molecule has 1 atom stereocenters. The van der Waals surface area contributed by atoms with Crippen LogP contribution >= 0.6 is 0 Å². The van der Waals surface area contributed by atoms with Crippen LogP contribution in [0.3, 0.4) is 0 Å². The summed E-state index contributed by atoms with van der Waals surface area (Å²) in [5.74, 6) is 0. The maximum Gasteiger partial charge on any atom is 0.241 e. The average Bonchev–Trinajstić information content (AvgIpc) is 2.99. The van der Waals surface area contributed by atoms with Crippen LogP contribution in [0.4, 0.5) is 0 Å². The Morgan fingerprint density at radius 3 is 2.87 bits per heavy atom. The first-order valence-corrected chi connectivity index (χ1v) is 8.65. The van der Waals surface area contributed by atoms with Crippen molar-refractivity contribution in [2.75, 3.05) is 0 Å². The highest BCUT2D eigenvalue weighted by atomic mass is 32.2. The zero-order valence-electron chi connectivity index (χ0n) is 12.8. The predicted octanol–water partition coefficient (Wildman–Crippen LogP) is 1.50. The van der Waals surface area contributed by atoms with Crippen molar-refractivity contribution < 1.29 is 8.42 Å². The van der Waals surface area contributed by atoms with Gasteiger partial charge in [-0.2, -0.15) is 5.10 Å². The minimum absolute atomic E-state index is 0.233. The van der Waals surface area contributed by atoms with Gasteiger partial charge in [0, 0.05) is 17.6 Å². The Kier molecular flexibility index (Phi) is 4.10. The number of sulfonamides is 1. The fourth-order valence-corrected chi connectivity index (χ4v) is 3.93.